The Bertz CT molecular complexity index is 649. The van der Waals surface area contributed by atoms with E-state index in [1.54, 1.807) is 0 Å². The van der Waals surface area contributed by atoms with E-state index in [1.807, 2.05) is 0 Å². The van der Waals surface area contributed by atoms with Crippen LogP contribution in [0.3, 0.4) is 0 Å². The molecule has 0 radical (unpaired) electrons. The van der Waals surface area contributed by atoms with Crippen LogP contribution in [0.1, 0.15) is 24.8 Å². The van der Waals surface area contributed by atoms with Gasteiger partial charge in [0.15, 0.2) is 0 Å². The molecule has 1 aliphatic heterocycles. The summed E-state index contributed by atoms with van der Waals surface area (Å²) in [5.74, 6) is -1.30. The van der Waals surface area contributed by atoms with Gasteiger partial charge in [-0.1, -0.05) is 16.8 Å². The first kappa shape index (κ1) is 14.1. The molecule has 1 aliphatic carbocycles. The molecule has 2 N–H and O–H groups in total. The van der Waals surface area contributed by atoms with Crippen molar-refractivity contribution in [2.75, 3.05) is 12.8 Å². The highest BCUT2D eigenvalue weighted by Gasteiger charge is 2.59. The normalized spacial score (nSPS) is 27.0. The number of ether oxygens (including phenoxy) is 1. The molecule has 0 aromatic heterocycles. The van der Waals surface area contributed by atoms with E-state index in [9.17, 15) is 9.18 Å². The molecular weight excluding hydrogens is 299 g/mol. The van der Waals surface area contributed by atoms with E-state index in [2.05, 4.69) is 5.16 Å². The van der Waals surface area contributed by atoms with Gasteiger partial charge in [-0.05, 0) is 25.0 Å². The topological polar surface area (TPSA) is 73.9 Å². The van der Waals surface area contributed by atoms with Crippen molar-refractivity contribution in [2.45, 2.75) is 24.9 Å². The maximum absolute atomic E-state index is 13.4. The van der Waals surface area contributed by atoms with Gasteiger partial charge in [-0.25, -0.2) is 9.18 Å². The molecule has 1 heterocycles. The number of anilines is 1. The smallest absolute Gasteiger partial charge is 0.353 e. The number of carbonyl (C=O) groups is 1. The molecule has 1 aromatic carbocycles. The Hall–Kier alpha value is -1.82. The Morgan fingerprint density at radius 1 is 1.62 bits per heavy atom. The molecule has 1 aromatic rings. The third-order valence-corrected chi connectivity index (χ3v) is 4.45. The van der Waals surface area contributed by atoms with Crippen LogP contribution in [0.4, 0.5) is 10.1 Å². The lowest BCUT2D eigenvalue weighted by molar-refractivity contribution is -0.168. The number of nitrogen functional groups attached to an aromatic ring is 1. The number of nitrogens with two attached hydrogens (primary N) is 1. The van der Waals surface area contributed by atoms with E-state index in [-0.39, 0.29) is 16.6 Å². The molecule has 2 atom stereocenters. The number of benzene rings is 1. The molecule has 112 valence electrons. The maximum atomic E-state index is 13.4. The van der Waals surface area contributed by atoms with Crippen molar-refractivity contribution in [3.63, 3.8) is 0 Å². The highest BCUT2D eigenvalue weighted by Crippen LogP contribution is 2.47. The number of carbonyl (C=O) groups excluding carboxylic acids is 1. The van der Waals surface area contributed by atoms with Crippen molar-refractivity contribution in [1.29, 1.82) is 0 Å². The predicted molar refractivity (Wildman–Crippen MR) is 75.5 cm³/mol. The Morgan fingerprint density at radius 2 is 2.38 bits per heavy atom. The summed E-state index contributed by atoms with van der Waals surface area (Å²) >= 11 is 6.08. The van der Waals surface area contributed by atoms with Gasteiger partial charge in [0.2, 0.25) is 5.60 Å². The molecule has 0 spiro atoms. The van der Waals surface area contributed by atoms with Crippen LogP contribution < -0.4 is 5.73 Å². The fourth-order valence-electron chi connectivity index (χ4n) is 3.09. The van der Waals surface area contributed by atoms with E-state index >= 15 is 0 Å². The Labute approximate surface area is 125 Å². The molecule has 1 fully saturated rings. The van der Waals surface area contributed by atoms with Gasteiger partial charge in [0.1, 0.15) is 5.82 Å². The van der Waals surface area contributed by atoms with Gasteiger partial charge in [-0.15, -0.1) is 0 Å². The van der Waals surface area contributed by atoms with E-state index in [1.165, 1.54) is 13.2 Å². The fraction of sp³-hybridized carbons (Fsp3) is 0.429. The SMILES string of the molecule is COC(=O)C12CCCC1C(c1cc(N)c(F)cc1Cl)=NO2. The quantitative estimate of drug-likeness (QED) is 0.672. The number of oxime groups is 1. The number of hydrogen-bond acceptors (Lipinski definition) is 5. The van der Waals surface area contributed by atoms with Crippen LogP contribution in [0.2, 0.25) is 5.02 Å². The van der Waals surface area contributed by atoms with Crippen molar-refractivity contribution in [2.24, 2.45) is 11.1 Å². The first-order valence-corrected chi connectivity index (χ1v) is 6.97. The molecule has 5 nitrogen and oxygen atoms in total. The van der Waals surface area contributed by atoms with Crippen molar-refractivity contribution < 1.29 is 18.8 Å². The van der Waals surface area contributed by atoms with Gasteiger partial charge >= 0.3 is 5.97 Å². The number of hydrogen-bond donors (Lipinski definition) is 1. The largest absolute Gasteiger partial charge is 0.466 e. The minimum Gasteiger partial charge on any atom is -0.466 e. The predicted octanol–water partition coefficient (Wildman–Crippen LogP) is 2.51. The molecule has 3 rings (SSSR count). The summed E-state index contributed by atoms with van der Waals surface area (Å²) < 4.78 is 18.3. The zero-order valence-electron chi connectivity index (χ0n) is 11.4. The van der Waals surface area contributed by atoms with Crippen molar-refractivity contribution in [1.82, 2.24) is 0 Å². The Balaban J connectivity index is 2.02. The van der Waals surface area contributed by atoms with Gasteiger partial charge in [0.25, 0.3) is 0 Å². The third kappa shape index (κ3) is 1.97. The first-order valence-electron chi connectivity index (χ1n) is 6.59. The zero-order chi connectivity index (χ0) is 15.2. The monoisotopic (exact) mass is 312 g/mol. The summed E-state index contributed by atoms with van der Waals surface area (Å²) in [6, 6.07) is 2.56. The third-order valence-electron chi connectivity index (χ3n) is 4.13. The molecule has 0 bridgehead atoms. The number of esters is 1. The standard InChI is InChI=1S/C14H14ClFN2O3/c1-20-13(19)14-4-2-3-8(14)12(18-21-14)7-5-11(17)10(16)6-9(7)15/h5-6,8H,2-4,17H2,1H3. The lowest BCUT2D eigenvalue weighted by Crippen LogP contribution is -2.43. The molecule has 2 unspecified atom stereocenters. The van der Waals surface area contributed by atoms with Crippen LogP contribution in [0.15, 0.2) is 17.3 Å². The van der Waals surface area contributed by atoms with Gasteiger partial charge in [-0.3, -0.25) is 0 Å². The average Bonchev–Trinajstić information content (AvgIpc) is 3.01. The van der Waals surface area contributed by atoms with Crippen LogP contribution in [0, 0.1) is 11.7 Å². The van der Waals surface area contributed by atoms with Crippen LogP contribution in [-0.4, -0.2) is 24.4 Å². The summed E-state index contributed by atoms with van der Waals surface area (Å²) in [6.07, 6.45) is 2.07. The maximum Gasteiger partial charge on any atom is 0.353 e. The van der Waals surface area contributed by atoms with Crippen molar-refractivity contribution >= 4 is 29.0 Å². The molecule has 7 heteroatoms. The molecule has 2 aliphatic rings. The minimum atomic E-state index is -1.09. The summed E-state index contributed by atoms with van der Waals surface area (Å²) in [5.41, 5.74) is 5.50. The molecule has 0 saturated heterocycles. The number of methoxy groups -OCH3 is 1. The van der Waals surface area contributed by atoms with Crippen molar-refractivity contribution in [3.05, 3.63) is 28.5 Å². The first-order chi connectivity index (χ1) is 9.99. The minimum absolute atomic E-state index is 0.0225. The summed E-state index contributed by atoms with van der Waals surface area (Å²) in [4.78, 5) is 17.5. The van der Waals surface area contributed by atoms with E-state index in [4.69, 9.17) is 26.9 Å². The average molecular weight is 313 g/mol. The van der Waals surface area contributed by atoms with Gasteiger partial charge < -0.3 is 15.3 Å². The van der Waals surface area contributed by atoms with Crippen LogP contribution >= 0.6 is 11.6 Å². The summed E-state index contributed by atoms with van der Waals surface area (Å²) in [5, 5.41) is 4.21. The van der Waals surface area contributed by atoms with Gasteiger partial charge in [-0.2, -0.15) is 0 Å². The lowest BCUT2D eigenvalue weighted by atomic mass is 9.84. The molecular formula is C14H14ClFN2O3. The van der Waals surface area contributed by atoms with E-state index in [0.29, 0.717) is 17.7 Å². The highest BCUT2D eigenvalue weighted by molar-refractivity contribution is 6.34. The second-order valence-corrected chi connectivity index (χ2v) is 5.65. The second-order valence-electron chi connectivity index (χ2n) is 5.25. The number of nitrogens with zero attached hydrogens (tertiary/aromatic N) is 1. The number of halogens is 2. The molecule has 0 amide bonds. The van der Waals surface area contributed by atoms with E-state index < -0.39 is 17.4 Å². The van der Waals surface area contributed by atoms with Crippen LogP contribution in [0.25, 0.3) is 0 Å². The number of fused-ring (bicyclic) bond motifs is 1. The van der Waals surface area contributed by atoms with Gasteiger partial charge in [0, 0.05) is 12.0 Å². The second kappa shape index (κ2) is 4.87. The Morgan fingerprint density at radius 3 is 3.10 bits per heavy atom. The Kier molecular flexibility index (Phi) is 3.28. The van der Waals surface area contributed by atoms with Crippen molar-refractivity contribution in [3.8, 4) is 0 Å². The summed E-state index contributed by atoms with van der Waals surface area (Å²) in [7, 11) is 1.32. The van der Waals surface area contributed by atoms with Crippen LogP contribution in [-0.2, 0) is 14.4 Å². The van der Waals surface area contributed by atoms with Crippen LogP contribution in [0.5, 0.6) is 0 Å². The molecule has 21 heavy (non-hydrogen) atoms. The number of rotatable bonds is 2. The van der Waals surface area contributed by atoms with E-state index in [0.717, 1.165) is 18.9 Å². The zero-order valence-corrected chi connectivity index (χ0v) is 12.1. The fourth-order valence-corrected chi connectivity index (χ4v) is 3.34. The highest BCUT2D eigenvalue weighted by atomic mass is 35.5. The lowest BCUT2D eigenvalue weighted by Gasteiger charge is -2.23. The molecule has 1 saturated carbocycles. The summed E-state index contributed by atoms with van der Waals surface area (Å²) in [6.45, 7) is 0. The van der Waals surface area contributed by atoms with Gasteiger partial charge in [0.05, 0.1) is 29.4 Å².